The number of hydroxylamine groups is 2. The molecular weight excluding hydrogens is 332 g/mol. The second-order valence-electron chi connectivity index (χ2n) is 4.84. The third-order valence-corrected chi connectivity index (χ3v) is 3.08. The first kappa shape index (κ1) is 16.0. The fourth-order valence-electron chi connectivity index (χ4n) is 2.01. The van der Waals surface area contributed by atoms with Crippen LogP contribution in [0, 0.1) is 5.82 Å². The van der Waals surface area contributed by atoms with E-state index in [1.807, 2.05) is 0 Å². The summed E-state index contributed by atoms with van der Waals surface area (Å²) in [4.78, 5) is 0. The molecule has 2 heterocycles. The van der Waals surface area contributed by atoms with E-state index in [1.54, 1.807) is 12.2 Å². The summed E-state index contributed by atoms with van der Waals surface area (Å²) in [6.07, 6.45) is -0.0684. The van der Waals surface area contributed by atoms with Crippen molar-refractivity contribution < 1.29 is 27.2 Å². The molecule has 0 radical (unpaired) electrons. The third kappa shape index (κ3) is 3.38. The van der Waals surface area contributed by atoms with E-state index in [2.05, 4.69) is 15.5 Å². The van der Waals surface area contributed by atoms with Crippen LogP contribution in [-0.2, 0) is 6.18 Å². The average molecular weight is 342 g/mol. The Kier molecular flexibility index (Phi) is 3.97. The zero-order valence-electron chi connectivity index (χ0n) is 11.9. The lowest BCUT2D eigenvalue weighted by atomic mass is 10.1. The summed E-state index contributed by atoms with van der Waals surface area (Å²) in [6.45, 7) is 0.324. The molecule has 24 heavy (non-hydrogen) atoms. The van der Waals surface area contributed by atoms with Crippen molar-refractivity contribution >= 4 is 6.01 Å². The maximum atomic E-state index is 13.6. The Hall–Kier alpha value is -2.88. The molecule has 126 valence electrons. The van der Waals surface area contributed by atoms with Gasteiger partial charge < -0.3 is 9.73 Å². The number of benzene rings is 1. The summed E-state index contributed by atoms with van der Waals surface area (Å²) in [5, 5.41) is 20.3. The van der Waals surface area contributed by atoms with Gasteiger partial charge in [-0.05, 0) is 24.3 Å². The van der Waals surface area contributed by atoms with E-state index < -0.39 is 17.6 Å². The maximum Gasteiger partial charge on any atom is 0.419 e. The Morgan fingerprint density at radius 1 is 1.25 bits per heavy atom. The highest BCUT2D eigenvalue weighted by atomic mass is 19.4. The van der Waals surface area contributed by atoms with Crippen molar-refractivity contribution in [3.63, 3.8) is 0 Å². The molecule has 0 bridgehead atoms. The number of allylic oxidation sites excluding steroid dienone is 1. The fraction of sp³-hybridized carbons (Fsp3) is 0.143. The van der Waals surface area contributed by atoms with Gasteiger partial charge in [-0.15, -0.1) is 5.10 Å². The van der Waals surface area contributed by atoms with E-state index in [0.717, 1.165) is 11.1 Å². The summed E-state index contributed by atoms with van der Waals surface area (Å²) in [5.41, 5.74) is -0.903. The molecular formula is C14H10F4N4O2. The standard InChI is InChI=1S/C14H10F4N4O2/c15-11-6-8(3-4-10(11)14(16,17)18)12-20-21-13(24-12)19-9-2-1-5-22(23)7-9/h1-4,6-7,23H,5H2,(H,19,21). The predicted molar refractivity (Wildman–Crippen MR) is 74.0 cm³/mol. The van der Waals surface area contributed by atoms with Crippen LogP contribution in [-0.4, -0.2) is 27.0 Å². The summed E-state index contributed by atoms with van der Waals surface area (Å²) < 4.78 is 56.4. The summed E-state index contributed by atoms with van der Waals surface area (Å²) in [7, 11) is 0. The van der Waals surface area contributed by atoms with E-state index in [0.29, 0.717) is 24.4 Å². The normalized spacial score (nSPS) is 14.7. The minimum Gasteiger partial charge on any atom is -0.403 e. The molecule has 0 saturated heterocycles. The Bertz CT molecular complexity index is 813. The van der Waals surface area contributed by atoms with E-state index in [-0.39, 0.29) is 17.5 Å². The van der Waals surface area contributed by atoms with Crippen LogP contribution in [0.4, 0.5) is 23.6 Å². The number of halogens is 4. The lowest BCUT2D eigenvalue weighted by Crippen LogP contribution is -2.17. The maximum absolute atomic E-state index is 13.6. The molecule has 1 aliphatic rings. The van der Waals surface area contributed by atoms with E-state index in [4.69, 9.17) is 4.42 Å². The van der Waals surface area contributed by atoms with Crippen LogP contribution in [0.2, 0.25) is 0 Å². The van der Waals surface area contributed by atoms with Gasteiger partial charge in [-0.25, -0.2) is 4.39 Å². The molecule has 1 aliphatic heterocycles. The van der Waals surface area contributed by atoms with Gasteiger partial charge in [-0.1, -0.05) is 11.2 Å². The van der Waals surface area contributed by atoms with Crippen molar-refractivity contribution in [2.24, 2.45) is 0 Å². The monoisotopic (exact) mass is 342 g/mol. The number of aromatic nitrogens is 2. The molecule has 1 aromatic heterocycles. The number of nitrogens with zero attached hydrogens (tertiary/aromatic N) is 3. The molecule has 0 fully saturated rings. The molecule has 0 unspecified atom stereocenters. The van der Waals surface area contributed by atoms with Gasteiger partial charge in [0.15, 0.2) is 0 Å². The first-order chi connectivity index (χ1) is 11.3. The molecule has 0 saturated carbocycles. The van der Waals surface area contributed by atoms with Crippen LogP contribution in [0.25, 0.3) is 11.5 Å². The number of alkyl halides is 3. The topological polar surface area (TPSA) is 74.4 Å². The van der Waals surface area contributed by atoms with Crippen LogP contribution in [0.1, 0.15) is 5.56 Å². The number of hydrogen-bond acceptors (Lipinski definition) is 6. The zero-order valence-corrected chi connectivity index (χ0v) is 11.9. The molecule has 1 aromatic carbocycles. The van der Waals surface area contributed by atoms with Crippen molar-refractivity contribution in [2.45, 2.75) is 6.18 Å². The van der Waals surface area contributed by atoms with Gasteiger partial charge in [0.05, 0.1) is 24.0 Å². The molecule has 10 heteroatoms. The van der Waals surface area contributed by atoms with Crippen molar-refractivity contribution in [3.8, 4) is 11.5 Å². The zero-order chi connectivity index (χ0) is 17.3. The number of rotatable bonds is 3. The van der Waals surface area contributed by atoms with Crippen LogP contribution in [0.5, 0.6) is 0 Å². The molecule has 0 spiro atoms. The number of anilines is 1. The quantitative estimate of drug-likeness (QED) is 0.833. The Labute approximate surface area is 132 Å². The second-order valence-corrected chi connectivity index (χ2v) is 4.84. The highest BCUT2D eigenvalue weighted by Crippen LogP contribution is 2.33. The SMILES string of the molecule is ON1C=C(Nc2nnc(-c3ccc(C(F)(F)F)c(F)c3)o2)C=CC1. The highest BCUT2D eigenvalue weighted by molar-refractivity contribution is 5.55. The minimum atomic E-state index is -4.78. The molecule has 2 aromatic rings. The van der Waals surface area contributed by atoms with Crippen molar-refractivity contribution in [3.05, 3.63) is 53.6 Å². The Morgan fingerprint density at radius 2 is 2.04 bits per heavy atom. The number of hydrogen-bond donors (Lipinski definition) is 2. The van der Waals surface area contributed by atoms with Crippen LogP contribution < -0.4 is 5.32 Å². The minimum absolute atomic E-state index is 0.0120. The molecule has 6 nitrogen and oxygen atoms in total. The lowest BCUT2D eigenvalue weighted by molar-refractivity contribution is -0.139. The second kappa shape index (κ2) is 5.96. The van der Waals surface area contributed by atoms with Crippen molar-refractivity contribution in [1.82, 2.24) is 15.3 Å². The van der Waals surface area contributed by atoms with E-state index in [1.165, 1.54) is 6.20 Å². The van der Waals surface area contributed by atoms with Crippen LogP contribution >= 0.6 is 0 Å². The van der Waals surface area contributed by atoms with Gasteiger partial charge in [0, 0.05) is 5.56 Å². The van der Waals surface area contributed by atoms with Crippen LogP contribution in [0.3, 0.4) is 0 Å². The Morgan fingerprint density at radius 3 is 2.71 bits per heavy atom. The van der Waals surface area contributed by atoms with Gasteiger partial charge in [0.2, 0.25) is 5.89 Å². The predicted octanol–water partition coefficient (Wildman–Crippen LogP) is 3.41. The summed E-state index contributed by atoms with van der Waals surface area (Å²) in [6, 6.07) is 2.27. The van der Waals surface area contributed by atoms with Gasteiger partial charge in [0.25, 0.3) is 0 Å². The molecule has 0 atom stereocenters. The highest BCUT2D eigenvalue weighted by Gasteiger charge is 2.34. The summed E-state index contributed by atoms with van der Waals surface area (Å²) in [5.74, 6) is -1.58. The largest absolute Gasteiger partial charge is 0.419 e. The first-order valence-electron chi connectivity index (χ1n) is 6.64. The van der Waals surface area contributed by atoms with E-state index in [9.17, 15) is 22.8 Å². The van der Waals surface area contributed by atoms with Crippen molar-refractivity contribution in [1.29, 1.82) is 0 Å². The lowest BCUT2D eigenvalue weighted by Gasteiger charge is -2.15. The molecule has 0 amide bonds. The smallest absolute Gasteiger partial charge is 0.403 e. The Balaban J connectivity index is 1.81. The van der Waals surface area contributed by atoms with Crippen LogP contribution in [0.15, 0.2) is 46.7 Å². The van der Waals surface area contributed by atoms with Gasteiger partial charge in [0.1, 0.15) is 5.82 Å². The number of nitrogens with one attached hydrogen (secondary N) is 1. The molecule has 0 aliphatic carbocycles. The molecule has 2 N–H and O–H groups in total. The van der Waals surface area contributed by atoms with Crippen molar-refractivity contribution in [2.75, 3.05) is 11.9 Å². The third-order valence-electron chi connectivity index (χ3n) is 3.08. The van der Waals surface area contributed by atoms with Gasteiger partial charge >= 0.3 is 12.2 Å². The molecule has 3 rings (SSSR count). The van der Waals surface area contributed by atoms with E-state index >= 15 is 0 Å². The fourth-order valence-corrected chi connectivity index (χ4v) is 2.01. The summed E-state index contributed by atoms with van der Waals surface area (Å²) >= 11 is 0. The average Bonchev–Trinajstić information content (AvgIpc) is 2.94. The van der Waals surface area contributed by atoms with Gasteiger partial charge in [-0.3, -0.25) is 10.3 Å². The first-order valence-corrected chi connectivity index (χ1v) is 6.64. The van der Waals surface area contributed by atoms with Gasteiger partial charge in [-0.2, -0.15) is 13.2 Å².